The monoisotopic (exact) mass is 184 g/mol. The molecule has 1 aromatic rings. The number of H-pyrrole nitrogens is 1. The van der Waals surface area contributed by atoms with Crippen LogP contribution in [0.5, 0.6) is 0 Å². The van der Waals surface area contributed by atoms with E-state index in [9.17, 15) is 0 Å². The van der Waals surface area contributed by atoms with E-state index in [2.05, 4.69) is 21.8 Å². The number of hydrogen-bond donors (Lipinski definition) is 2. The first-order valence-corrected chi connectivity index (χ1v) is 4.62. The average molecular weight is 184 g/mol. The van der Waals surface area contributed by atoms with Crippen molar-refractivity contribution in [2.45, 2.75) is 18.5 Å². The number of anilines is 1. The second-order valence-electron chi connectivity index (χ2n) is 2.56. The Morgan fingerprint density at radius 1 is 1.75 bits per heavy atom. The van der Waals surface area contributed by atoms with Gasteiger partial charge < -0.3 is 5.73 Å². The average Bonchev–Trinajstić information content (AvgIpc) is 2.35. The summed E-state index contributed by atoms with van der Waals surface area (Å²) in [5, 5.41) is 7.17. The number of allylic oxidation sites excluding steroid dienone is 1. The summed E-state index contributed by atoms with van der Waals surface area (Å²) in [6.07, 6.45) is 0.985. The maximum atomic E-state index is 5.35. The maximum Gasteiger partial charge on any atom is 0.216 e. The van der Waals surface area contributed by atoms with E-state index in [1.807, 2.05) is 6.92 Å². The summed E-state index contributed by atoms with van der Waals surface area (Å²) in [5.74, 6) is 1.32. The molecule has 0 aliphatic carbocycles. The number of nitrogen functional groups attached to an aromatic ring is 1. The number of hydrogen-bond acceptors (Lipinski definition) is 4. The number of nitrogens with one attached hydrogen (secondary N) is 1. The molecule has 66 valence electrons. The summed E-state index contributed by atoms with van der Waals surface area (Å²) in [7, 11) is 0. The molecule has 0 bridgehead atoms. The molecule has 0 saturated heterocycles. The molecule has 0 aliphatic rings. The van der Waals surface area contributed by atoms with Crippen molar-refractivity contribution >= 4 is 17.7 Å². The second kappa shape index (κ2) is 4.15. The molecule has 4 nitrogen and oxygen atoms in total. The fourth-order valence-corrected chi connectivity index (χ4v) is 1.55. The molecule has 0 aliphatic heterocycles. The van der Waals surface area contributed by atoms with Crippen LogP contribution in [0.15, 0.2) is 17.3 Å². The van der Waals surface area contributed by atoms with E-state index in [0.717, 1.165) is 12.2 Å². The molecular weight excluding hydrogens is 172 g/mol. The van der Waals surface area contributed by atoms with E-state index in [1.165, 1.54) is 5.57 Å². The summed E-state index contributed by atoms with van der Waals surface area (Å²) in [6, 6.07) is 0. The molecule has 0 aromatic carbocycles. The van der Waals surface area contributed by atoms with Gasteiger partial charge in [-0.15, -0.1) is 11.7 Å². The maximum absolute atomic E-state index is 5.35. The molecule has 0 fully saturated rings. The summed E-state index contributed by atoms with van der Waals surface area (Å²) < 4.78 is 0. The molecule has 0 radical (unpaired) electrons. The van der Waals surface area contributed by atoms with Crippen molar-refractivity contribution in [2.24, 2.45) is 0 Å². The summed E-state index contributed by atoms with van der Waals surface area (Å²) in [6.45, 7) is 5.81. The van der Waals surface area contributed by atoms with Crippen molar-refractivity contribution in [3.8, 4) is 0 Å². The number of nitrogens with two attached hydrogens (primary N) is 1. The van der Waals surface area contributed by atoms with E-state index in [4.69, 9.17) is 5.73 Å². The number of aromatic amines is 1. The normalized spacial score (nSPS) is 10.1. The zero-order valence-electron chi connectivity index (χ0n) is 7.00. The standard InChI is InChI=1S/C7H12N4S/c1-5(2)3-4-12-7-9-6(8)10-11-7/h1,3-4H2,2H3,(H3,8,9,10,11). The molecule has 0 unspecified atom stereocenters. The Kier molecular flexibility index (Phi) is 3.16. The van der Waals surface area contributed by atoms with Gasteiger partial charge in [-0.3, -0.25) is 0 Å². The van der Waals surface area contributed by atoms with Crippen LogP contribution in [0.4, 0.5) is 5.95 Å². The molecule has 5 heteroatoms. The Morgan fingerprint density at radius 3 is 3.00 bits per heavy atom. The van der Waals surface area contributed by atoms with Gasteiger partial charge >= 0.3 is 0 Å². The lowest BCUT2D eigenvalue weighted by atomic mass is 10.3. The van der Waals surface area contributed by atoms with Gasteiger partial charge in [0.25, 0.3) is 0 Å². The highest BCUT2D eigenvalue weighted by atomic mass is 32.2. The minimum absolute atomic E-state index is 0.368. The predicted molar refractivity (Wildman–Crippen MR) is 51.0 cm³/mol. The Bertz CT molecular complexity index is 268. The van der Waals surface area contributed by atoms with Crippen LogP contribution in [0.25, 0.3) is 0 Å². The number of rotatable bonds is 4. The van der Waals surface area contributed by atoms with Crippen molar-refractivity contribution < 1.29 is 0 Å². The lowest BCUT2D eigenvalue weighted by Crippen LogP contribution is -1.85. The molecule has 3 N–H and O–H groups in total. The first kappa shape index (κ1) is 9.12. The second-order valence-corrected chi connectivity index (χ2v) is 3.62. The third-order valence-electron chi connectivity index (χ3n) is 1.24. The molecule has 1 rings (SSSR count). The molecule has 12 heavy (non-hydrogen) atoms. The van der Waals surface area contributed by atoms with Crippen LogP contribution in [0, 0.1) is 0 Å². The van der Waals surface area contributed by atoms with Crippen molar-refractivity contribution in [3.63, 3.8) is 0 Å². The van der Waals surface area contributed by atoms with Crippen LogP contribution >= 0.6 is 11.8 Å². The first-order chi connectivity index (χ1) is 5.68. The quantitative estimate of drug-likeness (QED) is 0.549. The van der Waals surface area contributed by atoms with Crippen molar-refractivity contribution in [2.75, 3.05) is 11.5 Å². The molecule has 1 aromatic heterocycles. The van der Waals surface area contributed by atoms with Gasteiger partial charge in [0.05, 0.1) is 0 Å². The van der Waals surface area contributed by atoms with E-state index >= 15 is 0 Å². The first-order valence-electron chi connectivity index (χ1n) is 3.63. The lowest BCUT2D eigenvalue weighted by Gasteiger charge is -1.94. The van der Waals surface area contributed by atoms with Gasteiger partial charge in [0.15, 0.2) is 0 Å². The van der Waals surface area contributed by atoms with E-state index in [1.54, 1.807) is 11.8 Å². The zero-order valence-corrected chi connectivity index (χ0v) is 7.82. The summed E-state index contributed by atoms with van der Waals surface area (Å²) >= 11 is 1.58. The third-order valence-corrected chi connectivity index (χ3v) is 2.09. The van der Waals surface area contributed by atoms with E-state index in [0.29, 0.717) is 11.1 Å². The minimum Gasteiger partial charge on any atom is -0.368 e. The van der Waals surface area contributed by atoms with Crippen LogP contribution in [0.1, 0.15) is 13.3 Å². The topological polar surface area (TPSA) is 67.6 Å². The minimum atomic E-state index is 0.368. The Hall–Kier alpha value is -0.970. The number of nitrogens with zero attached hydrogens (tertiary/aromatic N) is 2. The van der Waals surface area contributed by atoms with E-state index in [-0.39, 0.29) is 0 Å². The zero-order chi connectivity index (χ0) is 8.97. The molecule has 0 atom stereocenters. The van der Waals surface area contributed by atoms with Crippen molar-refractivity contribution in [1.82, 2.24) is 15.2 Å². The number of aromatic nitrogens is 3. The predicted octanol–water partition coefficient (Wildman–Crippen LogP) is 1.45. The summed E-state index contributed by atoms with van der Waals surface area (Å²) in [5.41, 5.74) is 6.52. The molecule has 0 saturated carbocycles. The largest absolute Gasteiger partial charge is 0.368 e. The fourth-order valence-electron chi connectivity index (χ4n) is 0.639. The van der Waals surface area contributed by atoms with Crippen LogP contribution in [-0.4, -0.2) is 20.9 Å². The SMILES string of the molecule is C=C(C)CCSc1n[nH]c(N)n1. The highest BCUT2D eigenvalue weighted by molar-refractivity contribution is 7.99. The highest BCUT2D eigenvalue weighted by Crippen LogP contribution is 2.15. The van der Waals surface area contributed by atoms with Crippen LogP contribution in [0.3, 0.4) is 0 Å². The molecule has 0 amide bonds. The number of thioether (sulfide) groups is 1. The molecular formula is C7H12N4S. The van der Waals surface area contributed by atoms with Gasteiger partial charge in [-0.2, -0.15) is 4.98 Å². The fraction of sp³-hybridized carbons (Fsp3) is 0.429. The summed E-state index contributed by atoms with van der Waals surface area (Å²) in [4.78, 5) is 3.95. The highest BCUT2D eigenvalue weighted by Gasteiger charge is 1.99. The van der Waals surface area contributed by atoms with Gasteiger partial charge in [-0.05, 0) is 13.3 Å². The van der Waals surface area contributed by atoms with Crippen molar-refractivity contribution in [1.29, 1.82) is 0 Å². The Labute approximate surface area is 75.6 Å². The molecule has 1 heterocycles. The Balaban J connectivity index is 2.29. The van der Waals surface area contributed by atoms with Crippen LogP contribution < -0.4 is 5.73 Å². The Morgan fingerprint density at radius 2 is 2.50 bits per heavy atom. The van der Waals surface area contributed by atoms with Gasteiger partial charge in [0.2, 0.25) is 11.1 Å². The smallest absolute Gasteiger partial charge is 0.216 e. The van der Waals surface area contributed by atoms with Gasteiger partial charge in [-0.25, -0.2) is 5.10 Å². The third kappa shape index (κ3) is 2.96. The van der Waals surface area contributed by atoms with E-state index < -0.39 is 0 Å². The van der Waals surface area contributed by atoms with Crippen LogP contribution in [0.2, 0.25) is 0 Å². The molecule has 0 spiro atoms. The van der Waals surface area contributed by atoms with Gasteiger partial charge in [-0.1, -0.05) is 17.3 Å². The van der Waals surface area contributed by atoms with Crippen LogP contribution in [-0.2, 0) is 0 Å². The van der Waals surface area contributed by atoms with Crippen molar-refractivity contribution in [3.05, 3.63) is 12.2 Å². The van der Waals surface area contributed by atoms with Gasteiger partial charge in [0, 0.05) is 5.75 Å². The lowest BCUT2D eigenvalue weighted by molar-refractivity contribution is 0.970. The van der Waals surface area contributed by atoms with Gasteiger partial charge in [0.1, 0.15) is 0 Å².